The molecule has 1 aliphatic rings. The SMILES string of the molecule is Cc1cnc2cc([C@H]3CC[C@H](c4c(F)cccc4F)CC3)c(=O)n(Cc3ncccc3OC(F)(F)F)c2n1. The van der Waals surface area contributed by atoms with Gasteiger partial charge in [0.05, 0.1) is 12.2 Å². The molecule has 0 radical (unpaired) electrons. The number of pyridine rings is 2. The van der Waals surface area contributed by atoms with E-state index in [4.69, 9.17) is 0 Å². The Morgan fingerprint density at radius 1 is 1.00 bits per heavy atom. The van der Waals surface area contributed by atoms with Crippen molar-refractivity contribution in [2.45, 2.75) is 57.3 Å². The number of aryl methyl sites for hydroxylation is 1. The monoisotopic (exact) mass is 530 g/mol. The highest BCUT2D eigenvalue weighted by Crippen LogP contribution is 2.41. The summed E-state index contributed by atoms with van der Waals surface area (Å²) in [6.07, 6.45) is -0.116. The average molecular weight is 530 g/mol. The van der Waals surface area contributed by atoms with Crippen LogP contribution in [0.5, 0.6) is 5.75 Å². The number of halogens is 5. The van der Waals surface area contributed by atoms with Crippen molar-refractivity contribution in [3.8, 4) is 5.75 Å². The molecule has 198 valence electrons. The minimum atomic E-state index is -4.93. The average Bonchev–Trinajstić information content (AvgIpc) is 2.86. The van der Waals surface area contributed by atoms with Crippen LogP contribution in [-0.2, 0) is 6.54 Å². The molecule has 5 rings (SSSR count). The van der Waals surface area contributed by atoms with E-state index >= 15 is 0 Å². The second-order valence-electron chi connectivity index (χ2n) is 9.39. The van der Waals surface area contributed by atoms with E-state index in [-0.39, 0.29) is 35.3 Å². The Labute approximate surface area is 214 Å². The number of benzene rings is 1. The lowest BCUT2D eigenvalue weighted by Gasteiger charge is -2.29. The molecule has 0 atom stereocenters. The number of ether oxygens (including phenoxy) is 1. The van der Waals surface area contributed by atoms with Crippen molar-refractivity contribution in [1.29, 1.82) is 0 Å². The van der Waals surface area contributed by atoms with Crippen LogP contribution in [0.2, 0.25) is 0 Å². The van der Waals surface area contributed by atoms with Crippen LogP contribution in [0.3, 0.4) is 0 Å². The minimum absolute atomic E-state index is 0.0653. The van der Waals surface area contributed by atoms with Crippen molar-refractivity contribution in [2.24, 2.45) is 0 Å². The second-order valence-corrected chi connectivity index (χ2v) is 9.39. The number of hydrogen-bond donors (Lipinski definition) is 0. The quantitative estimate of drug-likeness (QED) is 0.289. The molecule has 38 heavy (non-hydrogen) atoms. The predicted molar refractivity (Wildman–Crippen MR) is 129 cm³/mol. The lowest BCUT2D eigenvalue weighted by atomic mass is 9.76. The van der Waals surface area contributed by atoms with E-state index < -0.39 is 29.3 Å². The van der Waals surface area contributed by atoms with Gasteiger partial charge in [-0.25, -0.2) is 13.8 Å². The number of nitrogens with zero attached hydrogens (tertiary/aromatic N) is 4. The lowest BCUT2D eigenvalue weighted by Crippen LogP contribution is -2.29. The summed E-state index contributed by atoms with van der Waals surface area (Å²) in [5, 5.41) is 0. The summed E-state index contributed by atoms with van der Waals surface area (Å²) in [4.78, 5) is 26.6. The molecule has 1 aromatic carbocycles. The fraction of sp³-hybridized carbons (Fsp3) is 0.333. The Morgan fingerprint density at radius 3 is 2.37 bits per heavy atom. The zero-order valence-electron chi connectivity index (χ0n) is 20.3. The van der Waals surface area contributed by atoms with Crippen LogP contribution in [0.1, 0.15) is 60.0 Å². The Balaban J connectivity index is 1.51. The molecule has 1 saturated carbocycles. The smallest absolute Gasteiger partial charge is 0.404 e. The number of fused-ring (bicyclic) bond motifs is 1. The molecule has 0 amide bonds. The van der Waals surface area contributed by atoms with Gasteiger partial charge in [0.15, 0.2) is 11.4 Å². The fourth-order valence-electron chi connectivity index (χ4n) is 5.18. The van der Waals surface area contributed by atoms with E-state index in [2.05, 4.69) is 19.7 Å². The first-order valence-corrected chi connectivity index (χ1v) is 12.1. The Kier molecular flexibility index (Phi) is 6.85. The van der Waals surface area contributed by atoms with Gasteiger partial charge in [0, 0.05) is 23.5 Å². The van der Waals surface area contributed by atoms with Crippen LogP contribution in [0.25, 0.3) is 11.2 Å². The molecular weight excluding hydrogens is 507 g/mol. The fourth-order valence-corrected chi connectivity index (χ4v) is 5.18. The molecule has 4 aromatic rings. The summed E-state index contributed by atoms with van der Waals surface area (Å²) < 4.78 is 72.9. The molecule has 6 nitrogen and oxygen atoms in total. The largest absolute Gasteiger partial charge is 0.573 e. The molecule has 3 aromatic heterocycles. The van der Waals surface area contributed by atoms with Crippen molar-refractivity contribution in [3.05, 3.63) is 93.3 Å². The number of hydrogen-bond acceptors (Lipinski definition) is 5. The summed E-state index contributed by atoms with van der Waals surface area (Å²) >= 11 is 0. The van der Waals surface area contributed by atoms with Crippen LogP contribution in [-0.4, -0.2) is 25.9 Å². The molecule has 0 aliphatic heterocycles. The van der Waals surface area contributed by atoms with E-state index in [1.54, 1.807) is 13.0 Å². The predicted octanol–water partition coefficient (Wildman–Crippen LogP) is 6.16. The molecule has 1 aliphatic carbocycles. The molecule has 1 fully saturated rings. The second kappa shape index (κ2) is 10.1. The highest BCUT2D eigenvalue weighted by Gasteiger charge is 2.33. The van der Waals surface area contributed by atoms with Gasteiger partial charge in [0.2, 0.25) is 0 Å². The van der Waals surface area contributed by atoms with Crippen LogP contribution in [0, 0.1) is 18.6 Å². The summed E-state index contributed by atoms with van der Waals surface area (Å²) in [6, 6.07) is 7.90. The van der Waals surface area contributed by atoms with Gasteiger partial charge in [-0.3, -0.25) is 19.3 Å². The van der Waals surface area contributed by atoms with Gasteiger partial charge in [-0.15, -0.1) is 13.2 Å². The highest BCUT2D eigenvalue weighted by atomic mass is 19.4. The van der Waals surface area contributed by atoms with Crippen LogP contribution in [0.15, 0.2) is 53.6 Å². The highest BCUT2D eigenvalue weighted by molar-refractivity contribution is 5.71. The van der Waals surface area contributed by atoms with E-state index in [1.165, 1.54) is 41.2 Å². The summed E-state index contributed by atoms with van der Waals surface area (Å²) in [6.45, 7) is 1.38. The van der Waals surface area contributed by atoms with Gasteiger partial charge in [-0.1, -0.05) is 6.07 Å². The number of rotatable bonds is 5. The lowest BCUT2D eigenvalue weighted by molar-refractivity contribution is -0.275. The molecular formula is C27H23F5N4O2. The maximum absolute atomic E-state index is 14.3. The zero-order valence-corrected chi connectivity index (χ0v) is 20.3. The zero-order chi connectivity index (χ0) is 27.0. The van der Waals surface area contributed by atoms with Crippen molar-refractivity contribution < 1.29 is 26.7 Å². The summed E-state index contributed by atoms with van der Waals surface area (Å²) in [7, 11) is 0. The topological polar surface area (TPSA) is 69.9 Å². The van der Waals surface area contributed by atoms with Gasteiger partial charge >= 0.3 is 6.36 Å². The van der Waals surface area contributed by atoms with Gasteiger partial charge in [-0.2, -0.15) is 0 Å². The maximum Gasteiger partial charge on any atom is 0.573 e. The standard InChI is InChI=1S/C27H23F5N4O2/c1-15-13-34-21-12-18(16-7-9-17(10-8-16)24-19(28)4-2-5-20(24)29)26(37)36(25(21)35-15)14-22-23(6-3-11-33-22)38-27(30,31)32/h2-6,11-13,16-17H,7-10,14H2,1H3/t16-,17-. The van der Waals surface area contributed by atoms with E-state index in [9.17, 15) is 26.7 Å². The van der Waals surface area contributed by atoms with Crippen molar-refractivity contribution >= 4 is 11.2 Å². The van der Waals surface area contributed by atoms with Crippen LogP contribution < -0.4 is 10.3 Å². The third-order valence-corrected chi connectivity index (χ3v) is 6.90. The summed E-state index contributed by atoms with van der Waals surface area (Å²) in [5.41, 5.74) is 1.12. The normalized spacial score (nSPS) is 18.1. The Hall–Kier alpha value is -3.89. The minimum Gasteiger partial charge on any atom is -0.404 e. The van der Waals surface area contributed by atoms with E-state index in [0.29, 0.717) is 42.5 Å². The first kappa shape index (κ1) is 25.7. The van der Waals surface area contributed by atoms with Crippen molar-refractivity contribution in [2.75, 3.05) is 0 Å². The molecule has 0 spiro atoms. The molecule has 0 N–H and O–H groups in total. The Bertz CT molecular complexity index is 1530. The van der Waals surface area contributed by atoms with Crippen molar-refractivity contribution in [3.63, 3.8) is 0 Å². The molecule has 0 unspecified atom stereocenters. The molecule has 0 saturated heterocycles. The number of alkyl halides is 3. The van der Waals surface area contributed by atoms with Gasteiger partial charge in [-0.05, 0) is 74.8 Å². The van der Waals surface area contributed by atoms with Crippen LogP contribution in [0.4, 0.5) is 22.0 Å². The molecule has 3 heterocycles. The molecule has 0 bridgehead atoms. The maximum atomic E-state index is 14.3. The van der Waals surface area contributed by atoms with Crippen LogP contribution >= 0.6 is 0 Å². The van der Waals surface area contributed by atoms with Crippen molar-refractivity contribution in [1.82, 2.24) is 19.5 Å². The third-order valence-electron chi connectivity index (χ3n) is 6.90. The van der Waals surface area contributed by atoms with E-state index in [0.717, 1.165) is 6.07 Å². The molecule has 11 heteroatoms. The van der Waals surface area contributed by atoms with Gasteiger partial charge < -0.3 is 4.74 Å². The van der Waals surface area contributed by atoms with Gasteiger partial charge in [0.1, 0.15) is 22.8 Å². The summed E-state index contributed by atoms with van der Waals surface area (Å²) in [5.74, 6) is -2.22. The van der Waals surface area contributed by atoms with Gasteiger partial charge in [0.25, 0.3) is 5.56 Å². The Morgan fingerprint density at radius 2 is 1.68 bits per heavy atom. The number of aromatic nitrogens is 4. The first-order chi connectivity index (χ1) is 18.1. The third kappa shape index (κ3) is 5.23. The first-order valence-electron chi connectivity index (χ1n) is 12.1. The van der Waals surface area contributed by atoms with E-state index in [1.807, 2.05) is 0 Å².